The van der Waals surface area contributed by atoms with Gasteiger partial charge in [0.15, 0.2) is 0 Å². The van der Waals surface area contributed by atoms with Crippen molar-refractivity contribution < 1.29 is 14.5 Å². The summed E-state index contributed by atoms with van der Waals surface area (Å²) in [5, 5.41) is 11.2. The number of hydrogen-bond acceptors (Lipinski definition) is 5. The highest BCUT2D eigenvalue weighted by Crippen LogP contribution is 2.28. The van der Waals surface area contributed by atoms with Gasteiger partial charge in [0, 0.05) is 44.9 Å². The number of carbonyl (C=O) groups excluding carboxylic acids is 1. The number of carbonyl (C=O) groups is 1. The minimum Gasteiger partial charge on any atom is -0.380 e. The predicted octanol–water partition coefficient (Wildman–Crippen LogP) is 2.70. The fourth-order valence-electron chi connectivity index (χ4n) is 3.13. The molecule has 7 nitrogen and oxygen atoms in total. The van der Waals surface area contributed by atoms with Crippen molar-refractivity contribution >= 4 is 17.3 Å². The zero-order valence-electron chi connectivity index (χ0n) is 14.6. The molecular weight excluding hydrogens is 334 g/mol. The quantitative estimate of drug-likeness (QED) is 0.609. The smallest absolute Gasteiger partial charge is 0.292 e. The molecule has 0 bridgehead atoms. The third kappa shape index (κ3) is 3.83. The first-order valence-electron chi connectivity index (χ1n) is 8.45. The van der Waals surface area contributed by atoms with Gasteiger partial charge in [-0.15, -0.1) is 0 Å². The van der Waals surface area contributed by atoms with Crippen LogP contribution >= 0.6 is 0 Å². The Morgan fingerprint density at radius 2 is 1.73 bits per heavy atom. The van der Waals surface area contributed by atoms with E-state index in [-0.39, 0.29) is 16.5 Å². The van der Waals surface area contributed by atoms with E-state index in [1.807, 2.05) is 29.2 Å². The third-order valence-electron chi connectivity index (χ3n) is 4.50. The molecule has 0 aromatic heterocycles. The maximum absolute atomic E-state index is 12.7. The first-order chi connectivity index (χ1) is 12.6. The van der Waals surface area contributed by atoms with Crippen LogP contribution in [0, 0.1) is 10.1 Å². The van der Waals surface area contributed by atoms with E-state index < -0.39 is 0 Å². The minimum absolute atomic E-state index is 0.0174. The topological polar surface area (TPSA) is 75.9 Å². The van der Waals surface area contributed by atoms with Crippen LogP contribution in [0.3, 0.4) is 0 Å². The highest BCUT2D eigenvalue weighted by Gasteiger charge is 2.25. The molecule has 136 valence electrons. The number of nitro groups is 1. The molecule has 3 rings (SSSR count). The van der Waals surface area contributed by atoms with E-state index >= 15 is 0 Å². The van der Waals surface area contributed by atoms with Crippen molar-refractivity contribution in [3.8, 4) is 0 Å². The number of benzene rings is 2. The van der Waals surface area contributed by atoms with Crippen molar-refractivity contribution in [3.05, 3.63) is 69.8 Å². The van der Waals surface area contributed by atoms with E-state index in [1.54, 1.807) is 30.2 Å². The van der Waals surface area contributed by atoms with Gasteiger partial charge < -0.3 is 14.5 Å². The average Bonchev–Trinajstić information content (AvgIpc) is 2.68. The summed E-state index contributed by atoms with van der Waals surface area (Å²) >= 11 is 0. The molecule has 0 N–H and O–H groups in total. The largest absolute Gasteiger partial charge is 0.380 e. The van der Waals surface area contributed by atoms with Crippen LogP contribution in [0.15, 0.2) is 48.5 Å². The summed E-state index contributed by atoms with van der Waals surface area (Å²) < 4.78 is 5.08. The van der Waals surface area contributed by atoms with Gasteiger partial charge >= 0.3 is 0 Å². The molecule has 1 saturated heterocycles. The number of nitrogens with zero attached hydrogens (tertiary/aromatic N) is 3. The van der Waals surface area contributed by atoms with Gasteiger partial charge in [0.05, 0.1) is 11.5 Å². The molecule has 2 aromatic carbocycles. The van der Waals surface area contributed by atoms with Gasteiger partial charge in [-0.2, -0.15) is 0 Å². The predicted molar refractivity (Wildman–Crippen MR) is 98.4 cm³/mol. The maximum Gasteiger partial charge on any atom is 0.292 e. The standard InChI is InChI=1S/C19H21N3O4/c1-26-14-15-6-8-16(9-7-15)19(23)21-12-10-20(11-13-21)17-4-2-3-5-18(17)22(24)25/h2-9H,10-14H2,1H3. The van der Waals surface area contributed by atoms with Crippen LogP contribution in [0.4, 0.5) is 11.4 Å². The maximum atomic E-state index is 12.7. The van der Waals surface area contributed by atoms with E-state index in [0.29, 0.717) is 44.0 Å². The van der Waals surface area contributed by atoms with Crippen LogP contribution in [-0.2, 0) is 11.3 Å². The summed E-state index contributed by atoms with van der Waals surface area (Å²) in [6.45, 7) is 2.72. The van der Waals surface area contributed by atoms with E-state index in [0.717, 1.165) is 5.56 Å². The Morgan fingerprint density at radius 1 is 1.08 bits per heavy atom. The van der Waals surface area contributed by atoms with Crippen molar-refractivity contribution in [1.82, 2.24) is 4.90 Å². The van der Waals surface area contributed by atoms with E-state index in [9.17, 15) is 14.9 Å². The SMILES string of the molecule is COCc1ccc(C(=O)N2CCN(c3ccccc3[N+](=O)[O-])CC2)cc1. The summed E-state index contributed by atoms with van der Waals surface area (Å²) in [7, 11) is 1.63. The number of hydrogen-bond donors (Lipinski definition) is 0. The van der Waals surface area contributed by atoms with Crippen LogP contribution < -0.4 is 4.90 Å². The first-order valence-corrected chi connectivity index (χ1v) is 8.45. The lowest BCUT2D eigenvalue weighted by molar-refractivity contribution is -0.384. The molecule has 2 aromatic rings. The second kappa shape index (κ2) is 7.97. The Hall–Kier alpha value is -2.93. The van der Waals surface area contributed by atoms with Crippen molar-refractivity contribution in [2.24, 2.45) is 0 Å². The van der Waals surface area contributed by atoms with Gasteiger partial charge in [-0.05, 0) is 23.8 Å². The van der Waals surface area contributed by atoms with Gasteiger partial charge in [0.25, 0.3) is 11.6 Å². The molecule has 0 saturated carbocycles. The molecule has 1 aliphatic heterocycles. The number of para-hydroxylation sites is 2. The van der Waals surface area contributed by atoms with Gasteiger partial charge in [-0.1, -0.05) is 24.3 Å². The summed E-state index contributed by atoms with van der Waals surface area (Å²) in [5.74, 6) is -0.0174. The third-order valence-corrected chi connectivity index (χ3v) is 4.50. The number of amides is 1. The normalized spacial score (nSPS) is 14.3. The Bertz CT molecular complexity index is 784. The molecule has 1 fully saturated rings. The fourth-order valence-corrected chi connectivity index (χ4v) is 3.13. The lowest BCUT2D eigenvalue weighted by Crippen LogP contribution is -2.48. The van der Waals surface area contributed by atoms with E-state index in [2.05, 4.69) is 0 Å². The van der Waals surface area contributed by atoms with Crippen molar-refractivity contribution in [2.75, 3.05) is 38.2 Å². The molecule has 1 aliphatic rings. The van der Waals surface area contributed by atoms with Crippen LogP contribution in [0.2, 0.25) is 0 Å². The van der Waals surface area contributed by atoms with Crippen LogP contribution in [0.25, 0.3) is 0 Å². The number of methoxy groups -OCH3 is 1. The van der Waals surface area contributed by atoms with E-state index in [4.69, 9.17) is 4.74 Å². The average molecular weight is 355 g/mol. The molecule has 0 unspecified atom stereocenters. The summed E-state index contributed by atoms with van der Waals surface area (Å²) in [6, 6.07) is 14.1. The first kappa shape index (κ1) is 17.9. The van der Waals surface area contributed by atoms with Crippen molar-refractivity contribution in [1.29, 1.82) is 0 Å². The number of ether oxygens (including phenoxy) is 1. The zero-order valence-corrected chi connectivity index (χ0v) is 14.6. The van der Waals surface area contributed by atoms with Gasteiger partial charge in [-0.3, -0.25) is 14.9 Å². The summed E-state index contributed by atoms with van der Waals surface area (Å²) in [6.07, 6.45) is 0. The Balaban J connectivity index is 1.65. The lowest BCUT2D eigenvalue weighted by atomic mass is 10.1. The second-order valence-corrected chi connectivity index (χ2v) is 6.16. The van der Waals surface area contributed by atoms with Crippen molar-refractivity contribution in [2.45, 2.75) is 6.61 Å². The summed E-state index contributed by atoms with van der Waals surface area (Å²) in [5.41, 5.74) is 2.36. The number of piperazine rings is 1. The van der Waals surface area contributed by atoms with Gasteiger partial charge in [0.1, 0.15) is 5.69 Å². The van der Waals surface area contributed by atoms with Gasteiger partial charge in [0.2, 0.25) is 0 Å². The molecule has 0 atom stereocenters. The Kier molecular flexibility index (Phi) is 5.48. The Labute approximate surface area is 151 Å². The minimum atomic E-state index is -0.367. The lowest BCUT2D eigenvalue weighted by Gasteiger charge is -2.35. The molecule has 1 heterocycles. The molecule has 0 radical (unpaired) electrons. The number of anilines is 1. The van der Waals surface area contributed by atoms with Gasteiger partial charge in [-0.25, -0.2) is 0 Å². The van der Waals surface area contributed by atoms with Crippen LogP contribution in [-0.4, -0.2) is 49.0 Å². The van der Waals surface area contributed by atoms with Crippen LogP contribution in [0.5, 0.6) is 0 Å². The fraction of sp³-hybridized carbons (Fsp3) is 0.316. The molecule has 0 aliphatic carbocycles. The number of nitro benzene ring substituents is 1. The molecular formula is C19H21N3O4. The van der Waals surface area contributed by atoms with E-state index in [1.165, 1.54) is 6.07 Å². The van der Waals surface area contributed by atoms with Crippen LogP contribution in [0.1, 0.15) is 15.9 Å². The number of rotatable bonds is 5. The summed E-state index contributed by atoms with van der Waals surface area (Å²) in [4.78, 5) is 27.2. The second-order valence-electron chi connectivity index (χ2n) is 6.16. The highest BCUT2D eigenvalue weighted by molar-refractivity contribution is 5.94. The molecule has 1 amide bonds. The molecule has 0 spiro atoms. The Morgan fingerprint density at radius 3 is 2.35 bits per heavy atom. The highest BCUT2D eigenvalue weighted by atomic mass is 16.6. The zero-order chi connectivity index (χ0) is 18.5. The molecule has 7 heteroatoms. The monoisotopic (exact) mass is 355 g/mol. The van der Waals surface area contributed by atoms with Crippen molar-refractivity contribution in [3.63, 3.8) is 0 Å². The molecule has 26 heavy (non-hydrogen) atoms.